The largest absolute Gasteiger partial charge is 0.436 e. The first-order valence-corrected chi connectivity index (χ1v) is 7.88. The van der Waals surface area contributed by atoms with Gasteiger partial charge in [-0.25, -0.2) is 9.97 Å². The van der Waals surface area contributed by atoms with Crippen LogP contribution >= 0.6 is 0 Å². The summed E-state index contributed by atoms with van der Waals surface area (Å²) in [6.45, 7) is 7.49. The van der Waals surface area contributed by atoms with E-state index in [0.29, 0.717) is 35.6 Å². The van der Waals surface area contributed by atoms with Crippen LogP contribution in [-0.2, 0) is 0 Å². The highest BCUT2D eigenvalue weighted by Gasteiger charge is 2.26. The number of aromatic nitrogens is 6. The summed E-state index contributed by atoms with van der Waals surface area (Å²) in [6.07, 6.45) is 1.98. The minimum absolute atomic E-state index is 0.182. The van der Waals surface area contributed by atoms with Crippen LogP contribution in [0.4, 0.5) is 0 Å². The number of carbonyl (C=O) groups excluding carboxylic acids is 1. The van der Waals surface area contributed by atoms with Crippen LogP contribution in [-0.4, -0.2) is 36.2 Å². The lowest BCUT2D eigenvalue weighted by molar-refractivity contribution is 0.0892. The number of H-pyrrole nitrogens is 1. The van der Waals surface area contributed by atoms with Gasteiger partial charge < -0.3 is 14.3 Å². The number of nitrogens with zero attached hydrogens (tertiary/aromatic N) is 5. The molecule has 0 bridgehead atoms. The summed E-state index contributed by atoms with van der Waals surface area (Å²) in [5.74, 6) is 1.51. The van der Waals surface area contributed by atoms with Gasteiger partial charge in [-0.1, -0.05) is 19.0 Å². The van der Waals surface area contributed by atoms with Crippen LogP contribution < -0.4 is 5.32 Å². The SMILES string of the molecule is Cc1nc(C)c(C(=O)N[C@H](CC(C)C)c2nc(-c3ncn[nH]3)no2)o1. The van der Waals surface area contributed by atoms with Gasteiger partial charge in [-0.3, -0.25) is 9.89 Å². The second-order valence-electron chi connectivity index (χ2n) is 6.09. The normalized spacial score (nSPS) is 12.5. The monoisotopic (exact) mass is 345 g/mol. The number of oxazole rings is 1. The van der Waals surface area contributed by atoms with E-state index < -0.39 is 6.04 Å². The van der Waals surface area contributed by atoms with E-state index in [-0.39, 0.29) is 17.5 Å². The van der Waals surface area contributed by atoms with Crippen molar-refractivity contribution in [2.75, 3.05) is 0 Å². The van der Waals surface area contributed by atoms with E-state index in [1.165, 1.54) is 6.33 Å². The van der Waals surface area contributed by atoms with E-state index in [1.54, 1.807) is 13.8 Å². The van der Waals surface area contributed by atoms with Gasteiger partial charge in [0, 0.05) is 6.92 Å². The Labute approximate surface area is 143 Å². The van der Waals surface area contributed by atoms with Crippen molar-refractivity contribution in [3.05, 3.63) is 29.6 Å². The fraction of sp³-hybridized carbons (Fsp3) is 0.467. The Morgan fingerprint density at radius 2 is 2.12 bits per heavy atom. The number of nitrogens with one attached hydrogen (secondary N) is 2. The van der Waals surface area contributed by atoms with Crippen molar-refractivity contribution in [3.63, 3.8) is 0 Å². The van der Waals surface area contributed by atoms with Gasteiger partial charge in [-0.2, -0.15) is 10.1 Å². The van der Waals surface area contributed by atoms with Gasteiger partial charge in [0.15, 0.2) is 11.7 Å². The predicted molar refractivity (Wildman–Crippen MR) is 85.3 cm³/mol. The van der Waals surface area contributed by atoms with E-state index in [9.17, 15) is 4.79 Å². The molecule has 0 saturated heterocycles. The van der Waals surface area contributed by atoms with Crippen LogP contribution in [0.1, 0.15) is 54.3 Å². The molecule has 0 unspecified atom stereocenters. The van der Waals surface area contributed by atoms with E-state index >= 15 is 0 Å². The minimum atomic E-state index is -0.457. The number of carbonyl (C=O) groups is 1. The van der Waals surface area contributed by atoms with E-state index in [1.807, 2.05) is 13.8 Å². The zero-order valence-corrected chi connectivity index (χ0v) is 14.4. The summed E-state index contributed by atoms with van der Waals surface area (Å²) in [5, 5.41) is 13.2. The molecule has 1 amide bonds. The average molecular weight is 345 g/mol. The molecule has 1 atom stereocenters. The summed E-state index contributed by atoms with van der Waals surface area (Å²) in [7, 11) is 0. The summed E-state index contributed by atoms with van der Waals surface area (Å²) in [6, 6.07) is -0.457. The summed E-state index contributed by atoms with van der Waals surface area (Å²) in [4.78, 5) is 24.9. The fourth-order valence-electron chi connectivity index (χ4n) is 2.44. The highest BCUT2D eigenvalue weighted by atomic mass is 16.5. The molecule has 0 radical (unpaired) electrons. The van der Waals surface area contributed by atoms with Crippen LogP contribution in [0.3, 0.4) is 0 Å². The van der Waals surface area contributed by atoms with Gasteiger partial charge in [0.2, 0.25) is 17.5 Å². The average Bonchev–Trinajstić information content (AvgIpc) is 3.25. The second kappa shape index (κ2) is 6.83. The molecule has 0 aromatic carbocycles. The highest BCUT2D eigenvalue weighted by molar-refractivity contribution is 5.92. The smallest absolute Gasteiger partial charge is 0.289 e. The van der Waals surface area contributed by atoms with Gasteiger partial charge in [0.05, 0.1) is 5.69 Å². The fourth-order valence-corrected chi connectivity index (χ4v) is 2.44. The molecule has 132 valence electrons. The van der Waals surface area contributed by atoms with Crippen molar-refractivity contribution in [1.29, 1.82) is 0 Å². The minimum Gasteiger partial charge on any atom is -0.436 e. The number of aromatic amines is 1. The Kier molecular flexibility index (Phi) is 4.59. The van der Waals surface area contributed by atoms with Crippen molar-refractivity contribution in [1.82, 2.24) is 35.6 Å². The molecule has 0 saturated carbocycles. The number of hydrogen-bond donors (Lipinski definition) is 2. The van der Waals surface area contributed by atoms with Crippen LogP contribution in [0.15, 0.2) is 15.3 Å². The van der Waals surface area contributed by atoms with Crippen LogP contribution in [0, 0.1) is 19.8 Å². The number of rotatable bonds is 6. The zero-order chi connectivity index (χ0) is 18.0. The maximum absolute atomic E-state index is 12.5. The number of hydrogen-bond acceptors (Lipinski definition) is 8. The Hall–Kier alpha value is -3.04. The van der Waals surface area contributed by atoms with Crippen LogP contribution in [0.2, 0.25) is 0 Å². The summed E-state index contributed by atoms with van der Waals surface area (Å²) < 4.78 is 10.7. The number of amides is 1. The third kappa shape index (κ3) is 3.73. The van der Waals surface area contributed by atoms with Gasteiger partial charge in [0.25, 0.3) is 5.91 Å². The van der Waals surface area contributed by atoms with Crippen molar-refractivity contribution < 1.29 is 13.7 Å². The molecule has 0 fully saturated rings. The van der Waals surface area contributed by atoms with Crippen LogP contribution in [0.25, 0.3) is 11.6 Å². The maximum atomic E-state index is 12.5. The van der Waals surface area contributed by atoms with Crippen molar-refractivity contribution in [2.45, 2.75) is 40.2 Å². The standard InChI is InChI=1S/C15H19N7O3/c1-7(2)5-10(19-14(23)11-8(3)18-9(4)24-11)15-20-13(22-25-15)12-16-6-17-21-12/h6-7,10H,5H2,1-4H3,(H,19,23)(H,16,17,21)/t10-/m1/s1. The lowest BCUT2D eigenvalue weighted by Gasteiger charge is -2.16. The maximum Gasteiger partial charge on any atom is 0.289 e. The third-order valence-corrected chi connectivity index (χ3v) is 3.49. The number of aryl methyl sites for hydroxylation is 2. The lowest BCUT2D eigenvalue weighted by Crippen LogP contribution is -2.30. The third-order valence-electron chi connectivity index (χ3n) is 3.49. The molecular formula is C15H19N7O3. The quantitative estimate of drug-likeness (QED) is 0.692. The predicted octanol–water partition coefficient (Wildman–Crippen LogP) is 1.98. The molecule has 0 spiro atoms. The van der Waals surface area contributed by atoms with Crippen molar-refractivity contribution in [2.24, 2.45) is 5.92 Å². The van der Waals surface area contributed by atoms with Gasteiger partial charge in [-0.15, -0.1) is 0 Å². The summed E-state index contributed by atoms with van der Waals surface area (Å²) in [5.41, 5.74) is 0.533. The first-order chi connectivity index (χ1) is 11.9. The molecule has 3 aromatic rings. The molecular weight excluding hydrogens is 326 g/mol. The van der Waals surface area contributed by atoms with Crippen molar-refractivity contribution >= 4 is 5.91 Å². The highest BCUT2D eigenvalue weighted by Crippen LogP contribution is 2.23. The van der Waals surface area contributed by atoms with Gasteiger partial charge >= 0.3 is 0 Å². The van der Waals surface area contributed by atoms with E-state index in [4.69, 9.17) is 8.94 Å². The molecule has 0 aliphatic rings. The molecule has 10 heteroatoms. The Bertz CT molecular complexity index is 850. The summed E-state index contributed by atoms with van der Waals surface area (Å²) >= 11 is 0. The topological polar surface area (TPSA) is 136 Å². The van der Waals surface area contributed by atoms with Crippen molar-refractivity contribution in [3.8, 4) is 11.6 Å². The zero-order valence-electron chi connectivity index (χ0n) is 14.4. The Balaban J connectivity index is 1.82. The first-order valence-electron chi connectivity index (χ1n) is 7.88. The molecule has 3 aromatic heterocycles. The van der Waals surface area contributed by atoms with E-state index in [0.717, 1.165) is 0 Å². The molecule has 0 aliphatic heterocycles. The second-order valence-corrected chi connectivity index (χ2v) is 6.09. The van der Waals surface area contributed by atoms with E-state index in [2.05, 4.69) is 35.6 Å². The molecule has 3 heterocycles. The molecule has 25 heavy (non-hydrogen) atoms. The first kappa shape index (κ1) is 16.8. The molecule has 0 aliphatic carbocycles. The molecule has 2 N–H and O–H groups in total. The van der Waals surface area contributed by atoms with Gasteiger partial charge in [0.1, 0.15) is 12.4 Å². The Morgan fingerprint density at radius 3 is 2.72 bits per heavy atom. The molecule has 3 rings (SSSR count). The van der Waals surface area contributed by atoms with Crippen LogP contribution in [0.5, 0.6) is 0 Å². The Morgan fingerprint density at radius 1 is 1.32 bits per heavy atom. The van der Waals surface area contributed by atoms with Gasteiger partial charge in [-0.05, 0) is 19.3 Å². The molecule has 10 nitrogen and oxygen atoms in total. The lowest BCUT2D eigenvalue weighted by atomic mass is 10.0.